The fraction of sp³-hybridized carbons (Fsp3) is 0.133. The molecule has 2 aliphatic rings. The van der Waals surface area contributed by atoms with Gasteiger partial charge in [-0.2, -0.15) is 0 Å². The third-order valence-corrected chi connectivity index (χ3v) is 8.20. The summed E-state index contributed by atoms with van der Waals surface area (Å²) in [5, 5.41) is 4.03. The predicted molar refractivity (Wildman–Crippen MR) is 147 cm³/mol. The largest absolute Gasteiger partial charge is 0.482 e. The molecule has 4 aromatic rings. The molecule has 6 rings (SSSR count). The molecule has 5 heteroatoms. The van der Waals surface area contributed by atoms with Gasteiger partial charge in [-0.05, 0) is 41.0 Å². The lowest BCUT2D eigenvalue weighted by Crippen LogP contribution is -2.22. The lowest BCUT2D eigenvalue weighted by Gasteiger charge is -2.23. The number of hydrogen-bond donors (Lipinski definition) is 0. The molecule has 0 bridgehead atoms. The fourth-order valence-corrected chi connectivity index (χ4v) is 6.61. The molecule has 4 nitrogen and oxygen atoms in total. The zero-order valence-corrected chi connectivity index (χ0v) is 20.4. The van der Waals surface area contributed by atoms with Crippen LogP contribution < -0.4 is 15.9 Å². The number of benzene rings is 4. The fourth-order valence-electron chi connectivity index (χ4n) is 4.14. The van der Waals surface area contributed by atoms with Gasteiger partial charge in [0.1, 0.15) is 13.2 Å². The molecule has 4 aromatic carbocycles. The van der Waals surface area contributed by atoms with E-state index in [1.54, 1.807) is 0 Å². The van der Waals surface area contributed by atoms with Crippen LogP contribution in [0.15, 0.2) is 119 Å². The highest BCUT2D eigenvalue weighted by Crippen LogP contribution is 2.38. The molecular weight excluding hydrogens is 451 g/mol. The Hall–Kier alpha value is -3.75. The molecule has 0 radical (unpaired) electrons. The summed E-state index contributed by atoms with van der Waals surface area (Å²) in [6, 6.07) is 38.9. The Bertz CT molecular complexity index is 1260. The van der Waals surface area contributed by atoms with E-state index in [4.69, 9.17) is 4.74 Å². The number of nitrogens with zero attached hydrogens (tertiary/aromatic N) is 2. The smallest absolute Gasteiger partial charge is 0.216 e. The molecule has 0 fully saturated rings. The monoisotopic (exact) mass is 478 g/mol. The SMILES string of the molecule is C1=NCCO1.c1ccc(P(c2ccccc2)c2ccccc2-c2ccccc2C2=NCCO2)cc1. The van der Waals surface area contributed by atoms with Gasteiger partial charge >= 0.3 is 0 Å². The molecule has 0 aliphatic carbocycles. The van der Waals surface area contributed by atoms with E-state index in [0.717, 1.165) is 31.2 Å². The van der Waals surface area contributed by atoms with Gasteiger partial charge in [-0.25, -0.2) is 4.99 Å². The first-order valence-corrected chi connectivity index (χ1v) is 13.1. The number of ether oxygens (including phenoxy) is 2. The third-order valence-electron chi connectivity index (χ3n) is 5.69. The van der Waals surface area contributed by atoms with E-state index in [0.29, 0.717) is 6.61 Å². The topological polar surface area (TPSA) is 43.2 Å². The molecule has 35 heavy (non-hydrogen) atoms. The maximum absolute atomic E-state index is 5.83. The van der Waals surface area contributed by atoms with E-state index in [2.05, 4.69) is 124 Å². The minimum absolute atomic E-state index is 0.659. The summed E-state index contributed by atoms with van der Waals surface area (Å²) in [6.45, 7) is 3.01. The molecule has 174 valence electrons. The van der Waals surface area contributed by atoms with Crippen LogP contribution >= 0.6 is 7.92 Å². The molecule has 2 aliphatic heterocycles. The van der Waals surface area contributed by atoms with E-state index < -0.39 is 7.92 Å². The van der Waals surface area contributed by atoms with Crippen LogP contribution in [-0.2, 0) is 9.47 Å². The summed E-state index contributed by atoms with van der Waals surface area (Å²) in [4.78, 5) is 8.32. The lowest BCUT2D eigenvalue weighted by atomic mass is 9.99. The highest BCUT2D eigenvalue weighted by molar-refractivity contribution is 7.80. The van der Waals surface area contributed by atoms with Crippen molar-refractivity contribution in [1.82, 2.24) is 0 Å². The van der Waals surface area contributed by atoms with Gasteiger partial charge in [-0.15, -0.1) is 0 Å². The van der Waals surface area contributed by atoms with E-state index in [9.17, 15) is 0 Å². The highest BCUT2D eigenvalue weighted by atomic mass is 31.1. The maximum Gasteiger partial charge on any atom is 0.216 e. The standard InChI is InChI=1S/C27H22NOP.C3H5NO/c1-3-11-21(12-4-1)30(22-13-5-2-6-14-22)26-18-10-9-16-24(26)23-15-7-8-17-25(23)27-28-19-20-29-27;1-2-5-3-4-1/h1-18H,19-20H2;3H,1-2H2. The van der Waals surface area contributed by atoms with Gasteiger partial charge in [0, 0.05) is 5.56 Å². The molecule has 0 saturated heterocycles. The van der Waals surface area contributed by atoms with Crippen LogP contribution in [-0.4, -0.2) is 38.6 Å². The Balaban J connectivity index is 0.000000453. The second-order valence-corrected chi connectivity index (χ2v) is 10.2. The summed E-state index contributed by atoms with van der Waals surface area (Å²) in [7, 11) is -0.696. The predicted octanol–water partition coefficient (Wildman–Crippen LogP) is 4.93. The van der Waals surface area contributed by atoms with Crippen molar-refractivity contribution in [3.05, 3.63) is 115 Å². The Morgan fingerprint density at radius 2 is 1.17 bits per heavy atom. The molecule has 2 heterocycles. The van der Waals surface area contributed by atoms with Crippen LogP contribution in [0.1, 0.15) is 5.56 Å². The van der Waals surface area contributed by atoms with Crippen molar-refractivity contribution >= 4 is 36.1 Å². The van der Waals surface area contributed by atoms with Gasteiger partial charge in [-0.3, -0.25) is 4.99 Å². The maximum atomic E-state index is 5.83. The zero-order chi connectivity index (χ0) is 23.7. The number of aliphatic imine (C=N–C) groups is 2. The first-order valence-electron chi connectivity index (χ1n) is 11.8. The van der Waals surface area contributed by atoms with Gasteiger partial charge in [0.2, 0.25) is 5.90 Å². The van der Waals surface area contributed by atoms with Crippen LogP contribution in [0.4, 0.5) is 0 Å². The van der Waals surface area contributed by atoms with Crippen LogP contribution in [0.2, 0.25) is 0 Å². The van der Waals surface area contributed by atoms with E-state index in [1.807, 2.05) is 0 Å². The van der Waals surface area contributed by atoms with E-state index in [-0.39, 0.29) is 0 Å². The number of hydrogen-bond acceptors (Lipinski definition) is 4. The Morgan fingerprint density at radius 3 is 1.71 bits per heavy atom. The summed E-state index contributed by atoms with van der Waals surface area (Å²) >= 11 is 0. The summed E-state index contributed by atoms with van der Waals surface area (Å²) in [5.74, 6) is 0.754. The Labute approximate surface area is 207 Å². The molecule has 0 amide bonds. The first kappa shape index (κ1) is 23.0. The molecule has 0 aromatic heterocycles. The zero-order valence-electron chi connectivity index (χ0n) is 19.5. The van der Waals surface area contributed by atoms with Crippen molar-refractivity contribution in [3.63, 3.8) is 0 Å². The lowest BCUT2D eigenvalue weighted by molar-refractivity contribution is 0.348. The number of rotatable bonds is 5. The van der Waals surface area contributed by atoms with Crippen molar-refractivity contribution in [2.45, 2.75) is 0 Å². The van der Waals surface area contributed by atoms with Crippen molar-refractivity contribution in [2.24, 2.45) is 9.98 Å². The van der Waals surface area contributed by atoms with Crippen LogP contribution in [0, 0.1) is 0 Å². The van der Waals surface area contributed by atoms with Gasteiger partial charge in [0.05, 0.1) is 13.1 Å². The minimum atomic E-state index is -0.696. The van der Waals surface area contributed by atoms with Crippen molar-refractivity contribution < 1.29 is 9.47 Å². The second-order valence-electron chi connectivity index (χ2n) is 7.99. The second kappa shape index (κ2) is 11.6. The molecular formula is C30H27N2O2P. The summed E-state index contributed by atoms with van der Waals surface area (Å²) in [6.07, 6.45) is 1.49. The van der Waals surface area contributed by atoms with Gasteiger partial charge < -0.3 is 9.47 Å². The van der Waals surface area contributed by atoms with Crippen LogP contribution in [0.5, 0.6) is 0 Å². The quantitative estimate of drug-likeness (QED) is 0.382. The first-order chi connectivity index (χ1) is 17.4. The average molecular weight is 479 g/mol. The van der Waals surface area contributed by atoms with Gasteiger partial charge in [-0.1, -0.05) is 103 Å². The Kier molecular flexibility index (Phi) is 7.62. The van der Waals surface area contributed by atoms with Crippen LogP contribution in [0.3, 0.4) is 0 Å². The molecule has 0 N–H and O–H groups in total. The average Bonchev–Trinajstić information content (AvgIpc) is 3.68. The highest BCUT2D eigenvalue weighted by Gasteiger charge is 2.22. The van der Waals surface area contributed by atoms with Crippen LogP contribution in [0.25, 0.3) is 11.1 Å². The normalized spacial score (nSPS) is 14.0. The molecule has 0 saturated carbocycles. The Morgan fingerprint density at radius 1 is 0.571 bits per heavy atom. The molecule has 0 unspecified atom stereocenters. The van der Waals surface area contributed by atoms with Crippen molar-refractivity contribution in [2.75, 3.05) is 26.3 Å². The van der Waals surface area contributed by atoms with Gasteiger partial charge in [0.25, 0.3) is 0 Å². The summed E-state index contributed by atoms with van der Waals surface area (Å²) < 4.78 is 10.5. The molecule has 0 spiro atoms. The summed E-state index contributed by atoms with van der Waals surface area (Å²) in [5.41, 5.74) is 3.48. The van der Waals surface area contributed by atoms with E-state index >= 15 is 0 Å². The van der Waals surface area contributed by atoms with Gasteiger partial charge in [0.15, 0.2) is 6.40 Å². The molecule has 0 atom stereocenters. The third kappa shape index (κ3) is 5.50. The van der Waals surface area contributed by atoms with E-state index in [1.165, 1.54) is 33.4 Å². The van der Waals surface area contributed by atoms with Crippen molar-refractivity contribution in [1.29, 1.82) is 0 Å². The minimum Gasteiger partial charge on any atom is -0.482 e. The van der Waals surface area contributed by atoms with Crippen molar-refractivity contribution in [3.8, 4) is 11.1 Å².